The van der Waals surface area contributed by atoms with Gasteiger partial charge in [-0.2, -0.15) is 0 Å². The number of carbonyl (C=O) groups excluding carboxylic acids is 3. The Bertz CT molecular complexity index is 967. The number of ether oxygens (including phenoxy) is 2. The maximum Gasteiger partial charge on any atom is 0.245 e. The van der Waals surface area contributed by atoms with Gasteiger partial charge in [0, 0.05) is 12.2 Å². The van der Waals surface area contributed by atoms with Gasteiger partial charge in [-0.1, -0.05) is 27.2 Å². The number of likely N-dealkylation sites (tertiary alicyclic amines) is 1. The fraction of sp³-hybridized carbons (Fsp3) is 0.667. The third-order valence-corrected chi connectivity index (χ3v) is 7.87. The molecule has 1 aromatic rings. The first kappa shape index (κ1) is 26.4. The van der Waals surface area contributed by atoms with Crippen LogP contribution in [0.5, 0.6) is 5.75 Å². The minimum atomic E-state index is -1.07. The van der Waals surface area contributed by atoms with E-state index in [0.717, 1.165) is 12.8 Å². The van der Waals surface area contributed by atoms with Crippen LogP contribution in [0.15, 0.2) is 24.3 Å². The Morgan fingerprint density at radius 3 is 2.56 bits per heavy atom. The summed E-state index contributed by atoms with van der Waals surface area (Å²) in [5, 5.41) is 16.1. The van der Waals surface area contributed by atoms with Crippen LogP contribution in [0.3, 0.4) is 0 Å². The van der Waals surface area contributed by atoms with Crippen molar-refractivity contribution >= 4 is 23.4 Å². The molecule has 2 bridgehead atoms. The van der Waals surface area contributed by atoms with Gasteiger partial charge in [-0.05, 0) is 56.4 Å². The molecule has 6 atom stereocenters. The summed E-state index contributed by atoms with van der Waals surface area (Å²) in [6, 6.07) is 5.67. The molecule has 9 nitrogen and oxygen atoms in total. The third-order valence-electron chi connectivity index (χ3n) is 7.87. The highest BCUT2D eigenvalue weighted by atomic mass is 16.5. The normalized spacial score (nSPS) is 29.4. The molecular weight excluding hydrogens is 462 g/mol. The number of hydrogen-bond acceptors (Lipinski definition) is 6. The van der Waals surface area contributed by atoms with Crippen LogP contribution in [0, 0.1) is 17.8 Å². The van der Waals surface area contributed by atoms with Crippen LogP contribution >= 0.6 is 0 Å². The third kappa shape index (κ3) is 4.47. The molecule has 3 saturated heterocycles. The Hall–Kier alpha value is -2.65. The van der Waals surface area contributed by atoms with E-state index >= 15 is 0 Å². The molecule has 1 aromatic carbocycles. The quantitative estimate of drug-likeness (QED) is 0.401. The zero-order valence-corrected chi connectivity index (χ0v) is 21.7. The standard InChI is InChI=1S/C27H39N3O6/c1-5-7-14-28-25(33)23-27-13-12-20(36-27)21(22(27)26(34)30(23)19(15-31)16(3)4)24(32)29-17-8-10-18(11-9-17)35-6-2/h8-11,16,19-23,31H,5-7,12-15H2,1-4H3,(H,28,33)(H,29,32)/t19-,20+,21-,22-,23?,27?/m0/s1. The van der Waals surface area contributed by atoms with E-state index in [1.54, 1.807) is 24.3 Å². The molecule has 0 aromatic heterocycles. The maximum atomic E-state index is 14.0. The Kier molecular flexibility index (Phi) is 7.90. The van der Waals surface area contributed by atoms with Crippen molar-refractivity contribution in [1.29, 1.82) is 0 Å². The maximum absolute atomic E-state index is 14.0. The second kappa shape index (κ2) is 10.8. The lowest BCUT2D eigenvalue weighted by Crippen LogP contribution is -2.59. The monoisotopic (exact) mass is 501 g/mol. The smallest absolute Gasteiger partial charge is 0.245 e. The number of aliphatic hydroxyl groups is 1. The van der Waals surface area contributed by atoms with E-state index in [4.69, 9.17) is 9.47 Å². The highest BCUT2D eigenvalue weighted by Gasteiger charge is 2.75. The number of anilines is 1. The Balaban J connectivity index is 1.63. The lowest BCUT2D eigenvalue weighted by molar-refractivity contribution is -0.146. The van der Waals surface area contributed by atoms with E-state index in [9.17, 15) is 19.5 Å². The fourth-order valence-electron chi connectivity index (χ4n) is 6.18. The summed E-state index contributed by atoms with van der Waals surface area (Å²) >= 11 is 0. The van der Waals surface area contributed by atoms with E-state index in [1.807, 2.05) is 27.7 Å². The highest BCUT2D eigenvalue weighted by Crippen LogP contribution is 2.59. The van der Waals surface area contributed by atoms with Crippen LogP contribution in [0.2, 0.25) is 0 Å². The molecule has 0 saturated carbocycles. The van der Waals surface area contributed by atoms with E-state index in [-0.39, 0.29) is 30.2 Å². The number of hydrogen-bond donors (Lipinski definition) is 3. The average molecular weight is 502 g/mol. The summed E-state index contributed by atoms with van der Waals surface area (Å²) in [5.41, 5.74) is -0.465. The van der Waals surface area contributed by atoms with Gasteiger partial charge in [0.1, 0.15) is 17.4 Å². The van der Waals surface area contributed by atoms with E-state index in [0.29, 0.717) is 37.4 Å². The van der Waals surface area contributed by atoms with Gasteiger partial charge in [-0.25, -0.2) is 0 Å². The molecule has 198 valence electrons. The van der Waals surface area contributed by atoms with Crippen molar-refractivity contribution in [2.75, 3.05) is 25.1 Å². The van der Waals surface area contributed by atoms with E-state index in [1.165, 1.54) is 4.90 Å². The summed E-state index contributed by atoms with van der Waals surface area (Å²) in [4.78, 5) is 42.5. The summed E-state index contributed by atoms with van der Waals surface area (Å²) in [7, 11) is 0. The van der Waals surface area contributed by atoms with E-state index in [2.05, 4.69) is 10.6 Å². The van der Waals surface area contributed by atoms with Crippen LogP contribution < -0.4 is 15.4 Å². The van der Waals surface area contributed by atoms with Crippen molar-refractivity contribution in [3.63, 3.8) is 0 Å². The molecule has 4 rings (SSSR count). The molecule has 9 heteroatoms. The first-order chi connectivity index (χ1) is 17.3. The zero-order valence-electron chi connectivity index (χ0n) is 21.7. The highest BCUT2D eigenvalue weighted by molar-refractivity contribution is 6.02. The number of amides is 3. The van der Waals surface area contributed by atoms with Gasteiger partial charge in [0.05, 0.1) is 37.2 Å². The number of carbonyl (C=O) groups is 3. The molecule has 3 aliphatic heterocycles. The van der Waals surface area contributed by atoms with Gasteiger partial charge < -0.3 is 30.1 Å². The topological polar surface area (TPSA) is 117 Å². The van der Waals surface area contributed by atoms with Gasteiger partial charge in [-0.15, -0.1) is 0 Å². The number of rotatable bonds is 11. The molecule has 1 spiro atoms. The van der Waals surface area contributed by atoms with Crippen molar-refractivity contribution < 1.29 is 29.0 Å². The number of benzene rings is 1. The van der Waals surface area contributed by atoms with Crippen LogP contribution in [0.25, 0.3) is 0 Å². The van der Waals surface area contributed by atoms with Crippen molar-refractivity contribution in [1.82, 2.24) is 10.2 Å². The van der Waals surface area contributed by atoms with Crippen molar-refractivity contribution in [2.24, 2.45) is 17.8 Å². The summed E-state index contributed by atoms with van der Waals surface area (Å²) in [6.07, 6.45) is 2.45. The van der Waals surface area contributed by atoms with Crippen molar-refractivity contribution in [3.8, 4) is 5.75 Å². The van der Waals surface area contributed by atoms with Crippen LogP contribution in [0.4, 0.5) is 5.69 Å². The Labute approximate surface area is 212 Å². The van der Waals surface area contributed by atoms with Gasteiger partial charge >= 0.3 is 0 Å². The molecule has 3 fully saturated rings. The van der Waals surface area contributed by atoms with Crippen LogP contribution in [-0.4, -0.2) is 71.3 Å². The van der Waals surface area contributed by atoms with Crippen LogP contribution in [0.1, 0.15) is 53.4 Å². The molecule has 0 radical (unpaired) electrons. The van der Waals surface area contributed by atoms with Crippen LogP contribution in [-0.2, 0) is 19.1 Å². The fourth-order valence-corrected chi connectivity index (χ4v) is 6.18. The Morgan fingerprint density at radius 1 is 1.22 bits per heavy atom. The van der Waals surface area contributed by atoms with Gasteiger partial charge in [0.2, 0.25) is 17.7 Å². The van der Waals surface area contributed by atoms with Gasteiger partial charge in [0.15, 0.2) is 0 Å². The van der Waals surface area contributed by atoms with Crippen molar-refractivity contribution in [3.05, 3.63) is 24.3 Å². The lowest BCUT2D eigenvalue weighted by atomic mass is 9.70. The number of fused-ring (bicyclic) bond motifs is 1. The number of aliphatic hydroxyl groups excluding tert-OH is 1. The summed E-state index contributed by atoms with van der Waals surface area (Å²) in [6.45, 7) is 8.57. The molecule has 0 aliphatic carbocycles. The van der Waals surface area contributed by atoms with Gasteiger partial charge in [-0.3, -0.25) is 14.4 Å². The minimum absolute atomic E-state index is 0.0755. The first-order valence-electron chi connectivity index (χ1n) is 13.2. The molecule has 3 N–H and O–H groups in total. The second-order valence-corrected chi connectivity index (χ2v) is 10.4. The molecule has 2 unspecified atom stereocenters. The van der Waals surface area contributed by atoms with Crippen molar-refractivity contribution in [2.45, 2.75) is 77.2 Å². The number of nitrogens with one attached hydrogen (secondary N) is 2. The second-order valence-electron chi connectivity index (χ2n) is 10.4. The summed E-state index contributed by atoms with van der Waals surface area (Å²) < 4.78 is 11.9. The first-order valence-corrected chi connectivity index (χ1v) is 13.2. The number of unbranched alkanes of at least 4 members (excludes halogenated alkanes) is 1. The summed E-state index contributed by atoms with van der Waals surface area (Å²) in [5.74, 6) is -1.69. The predicted octanol–water partition coefficient (Wildman–Crippen LogP) is 2.33. The Morgan fingerprint density at radius 2 is 1.94 bits per heavy atom. The molecular formula is C27H39N3O6. The largest absolute Gasteiger partial charge is 0.494 e. The average Bonchev–Trinajstić information content (AvgIpc) is 3.49. The molecule has 3 aliphatic rings. The molecule has 3 amide bonds. The SMILES string of the molecule is CCCCNC(=O)C1N([C@@H](CO)C(C)C)C(=O)[C@@H]2[C@@H](C(=O)Nc3ccc(OCC)cc3)[C@H]3CCC12O3. The molecule has 3 heterocycles. The zero-order chi connectivity index (χ0) is 26.0. The van der Waals surface area contributed by atoms with Gasteiger partial charge in [0.25, 0.3) is 0 Å². The number of nitrogens with zero attached hydrogens (tertiary/aromatic N) is 1. The predicted molar refractivity (Wildman–Crippen MR) is 134 cm³/mol. The minimum Gasteiger partial charge on any atom is -0.494 e. The molecule has 36 heavy (non-hydrogen) atoms. The van der Waals surface area contributed by atoms with E-state index < -0.39 is 35.6 Å². The lowest BCUT2D eigenvalue weighted by Gasteiger charge is -2.38.